The van der Waals surface area contributed by atoms with Gasteiger partial charge in [-0.2, -0.15) is 10.2 Å². The SMILES string of the molecule is Cn1cc(-c2ccc3c(C4CCN(c5ncc(Cc6ccccc6)cn5)CC4)cnn3c2)cn1. The Balaban J connectivity index is 1.12. The second-order valence-electron chi connectivity index (χ2n) is 9.07. The van der Waals surface area contributed by atoms with Crippen molar-refractivity contribution in [2.75, 3.05) is 18.0 Å². The van der Waals surface area contributed by atoms with Gasteiger partial charge in [-0.3, -0.25) is 4.68 Å². The van der Waals surface area contributed by atoms with E-state index in [2.05, 4.69) is 67.7 Å². The van der Waals surface area contributed by atoms with E-state index in [0.717, 1.165) is 55.0 Å². The van der Waals surface area contributed by atoms with Gasteiger partial charge in [0.1, 0.15) is 0 Å². The summed E-state index contributed by atoms with van der Waals surface area (Å²) in [6.45, 7) is 1.90. The van der Waals surface area contributed by atoms with Crippen molar-refractivity contribution in [3.63, 3.8) is 0 Å². The predicted molar refractivity (Wildman–Crippen MR) is 133 cm³/mol. The van der Waals surface area contributed by atoms with Crippen molar-refractivity contribution in [2.45, 2.75) is 25.2 Å². The summed E-state index contributed by atoms with van der Waals surface area (Å²) in [5.74, 6) is 1.33. The number of rotatable bonds is 5. The van der Waals surface area contributed by atoms with Crippen LogP contribution in [0.15, 0.2) is 79.6 Å². The van der Waals surface area contributed by atoms with E-state index in [-0.39, 0.29) is 0 Å². The second-order valence-corrected chi connectivity index (χ2v) is 9.07. The molecule has 1 aliphatic rings. The van der Waals surface area contributed by atoms with Crippen LogP contribution in [0.2, 0.25) is 0 Å². The summed E-state index contributed by atoms with van der Waals surface area (Å²) < 4.78 is 3.82. The van der Waals surface area contributed by atoms with Crippen LogP contribution in [0.5, 0.6) is 0 Å². The standard InChI is InChI=1S/C27H27N7/c1-32-18-24(16-30-32)23-7-8-26-25(17-31-34(26)19-23)22-9-11-33(12-10-22)27-28-14-21(15-29-27)13-20-5-3-2-4-6-20/h2-8,14-19,22H,9-13H2,1H3. The van der Waals surface area contributed by atoms with Crippen molar-refractivity contribution in [1.29, 1.82) is 0 Å². The molecule has 1 aromatic carbocycles. The quantitative estimate of drug-likeness (QED) is 0.395. The van der Waals surface area contributed by atoms with Gasteiger partial charge in [-0.25, -0.2) is 14.5 Å². The maximum absolute atomic E-state index is 4.67. The van der Waals surface area contributed by atoms with Crippen molar-refractivity contribution < 1.29 is 0 Å². The monoisotopic (exact) mass is 449 g/mol. The maximum atomic E-state index is 4.67. The van der Waals surface area contributed by atoms with Crippen LogP contribution in [0.4, 0.5) is 5.95 Å². The van der Waals surface area contributed by atoms with Gasteiger partial charge in [0, 0.05) is 68.0 Å². The highest BCUT2D eigenvalue weighted by atomic mass is 15.3. The van der Waals surface area contributed by atoms with Gasteiger partial charge in [0.15, 0.2) is 0 Å². The first-order valence-electron chi connectivity index (χ1n) is 11.8. The number of nitrogens with zero attached hydrogens (tertiary/aromatic N) is 7. The molecule has 0 radical (unpaired) electrons. The van der Waals surface area contributed by atoms with Crippen LogP contribution in [0, 0.1) is 0 Å². The van der Waals surface area contributed by atoms with Gasteiger partial charge in [-0.15, -0.1) is 0 Å². The summed E-state index contributed by atoms with van der Waals surface area (Å²) in [6.07, 6.45) is 15.0. The molecule has 0 bridgehead atoms. The van der Waals surface area contributed by atoms with Crippen LogP contribution in [0.25, 0.3) is 16.6 Å². The third-order valence-corrected chi connectivity index (χ3v) is 6.74. The lowest BCUT2D eigenvalue weighted by molar-refractivity contribution is 0.501. The molecular weight excluding hydrogens is 422 g/mol. The van der Waals surface area contributed by atoms with Gasteiger partial charge in [-0.1, -0.05) is 36.4 Å². The summed E-state index contributed by atoms with van der Waals surface area (Å²) in [5.41, 5.74) is 7.16. The first-order valence-corrected chi connectivity index (χ1v) is 11.8. The topological polar surface area (TPSA) is 64.1 Å². The van der Waals surface area contributed by atoms with E-state index in [9.17, 15) is 0 Å². The fourth-order valence-corrected chi connectivity index (χ4v) is 4.88. The molecule has 1 saturated heterocycles. The first-order chi connectivity index (χ1) is 16.7. The molecule has 1 fully saturated rings. The van der Waals surface area contributed by atoms with E-state index in [1.54, 1.807) is 0 Å². The molecule has 0 aliphatic carbocycles. The zero-order valence-corrected chi connectivity index (χ0v) is 19.2. The van der Waals surface area contributed by atoms with Crippen LogP contribution < -0.4 is 4.90 Å². The molecule has 1 aliphatic heterocycles. The lowest BCUT2D eigenvalue weighted by Gasteiger charge is -2.31. The van der Waals surface area contributed by atoms with Crippen LogP contribution in [0.1, 0.15) is 35.4 Å². The van der Waals surface area contributed by atoms with Crippen molar-refractivity contribution in [1.82, 2.24) is 29.4 Å². The Morgan fingerprint density at radius 1 is 0.794 bits per heavy atom. The number of pyridine rings is 1. The molecule has 7 heteroatoms. The molecule has 0 amide bonds. The zero-order valence-electron chi connectivity index (χ0n) is 19.2. The molecule has 7 nitrogen and oxygen atoms in total. The minimum Gasteiger partial charge on any atom is -0.341 e. The minimum atomic E-state index is 0.496. The molecule has 6 rings (SSSR count). The molecule has 0 spiro atoms. The predicted octanol–water partition coefficient (Wildman–Crippen LogP) is 4.50. The number of fused-ring (bicyclic) bond motifs is 1. The summed E-state index contributed by atoms with van der Waals surface area (Å²) in [6, 6.07) is 14.8. The molecular formula is C27H27N7. The third-order valence-electron chi connectivity index (χ3n) is 6.74. The van der Waals surface area contributed by atoms with E-state index in [0.29, 0.717) is 5.92 Å². The highest BCUT2D eigenvalue weighted by molar-refractivity contribution is 5.66. The normalized spacial score (nSPS) is 14.7. The minimum absolute atomic E-state index is 0.496. The highest BCUT2D eigenvalue weighted by Crippen LogP contribution is 2.32. The Bertz CT molecular complexity index is 1390. The Morgan fingerprint density at radius 3 is 2.32 bits per heavy atom. The number of piperidine rings is 1. The average molecular weight is 450 g/mol. The number of benzene rings is 1. The van der Waals surface area contributed by atoms with E-state index >= 15 is 0 Å². The van der Waals surface area contributed by atoms with Crippen LogP contribution in [0.3, 0.4) is 0 Å². The van der Waals surface area contributed by atoms with Gasteiger partial charge < -0.3 is 4.90 Å². The van der Waals surface area contributed by atoms with Gasteiger partial charge in [0.2, 0.25) is 5.95 Å². The smallest absolute Gasteiger partial charge is 0.225 e. The molecule has 0 N–H and O–H groups in total. The summed E-state index contributed by atoms with van der Waals surface area (Å²) in [4.78, 5) is 11.6. The second kappa shape index (κ2) is 8.74. The Hall–Kier alpha value is -4.00. The van der Waals surface area contributed by atoms with E-state index < -0.39 is 0 Å². The third kappa shape index (κ3) is 4.05. The van der Waals surface area contributed by atoms with Crippen LogP contribution >= 0.6 is 0 Å². The zero-order chi connectivity index (χ0) is 22.9. The molecule has 170 valence electrons. The number of hydrogen-bond acceptors (Lipinski definition) is 5. The molecule has 5 heterocycles. The van der Waals surface area contributed by atoms with Crippen molar-refractivity contribution in [2.24, 2.45) is 7.05 Å². The van der Waals surface area contributed by atoms with Gasteiger partial charge in [-0.05, 0) is 36.0 Å². The number of anilines is 1. The van der Waals surface area contributed by atoms with Gasteiger partial charge in [0.25, 0.3) is 0 Å². The van der Waals surface area contributed by atoms with E-state index in [1.807, 2.05) is 53.3 Å². The van der Waals surface area contributed by atoms with Crippen molar-refractivity contribution in [3.05, 3.63) is 96.3 Å². The fourth-order valence-electron chi connectivity index (χ4n) is 4.88. The maximum Gasteiger partial charge on any atom is 0.225 e. The molecule has 0 unspecified atom stereocenters. The molecule has 0 atom stereocenters. The largest absolute Gasteiger partial charge is 0.341 e. The van der Waals surface area contributed by atoms with Gasteiger partial charge in [0.05, 0.1) is 17.9 Å². The number of aromatic nitrogens is 6. The lowest BCUT2D eigenvalue weighted by atomic mass is 9.90. The number of hydrogen-bond donors (Lipinski definition) is 0. The summed E-state index contributed by atoms with van der Waals surface area (Å²) in [5, 5.41) is 8.94. The first kappa shape index (κ1) is 20.6. The Morgan fingerprint density at radius 2 is 1.59 bits per heavy atom. The molecule has 34 heavy (non-hydrogen) atoms. The summed E-state index contributed by atoms with van der Waals surface area (Å²) in [7, 11) is 1.94. The highest BCUT2D eigenvalue weighted by Gasteiger charge is 2.24. The van der Waals surface area contributed by atoms with E-state index in [1.165, 1.54) is 16.6 Å². The fraction of sp³-hybridized carbons (Fsp3) is 0.259. The summed E-state index contributed by atoms with van der Waals surface area (Å²) >= 11 is 0. The van der Waals surface area contributed by atoms with E-state index in [4.69, 9.17) is 0 Å². The van der Waals surface area contributed by atoms with Gasteiger partial charge >= 0.3 is 0 Å². The Kier molecular flexibility index (Phi) is 5.30. The average Bonchev–Trinajstić information content (AvgIpc) is 3.51. The number of aryl methyl sites for hydroxylation is 1. The van der Waals surface area contributed by atoms with Crippen LogP contribution in [-0.2, 0) is 13.5 Å². The van der Waals surface area contributed by atoms with Crippen LogP contribution in [-0.4, -0.2) is 42.5 Å². The van der Waals surface area contributed by atoms with Crippen molar-refractivity contribution in [3.8, 4) is 11.1 Å². The Labute approximate surface area is 198 Å². The molecule has 5 aromatic rings. The molecule has 0 saturated carbocycles. The lowest BCUT2D eigenvalue weighted by Crippen LogP contribution is -2.34. The molecule has 4 aromatic heterocycles. The van der Waals surface area contributed by atoms with Crippen molar-refractivity contribution >= 4 is 11.5 Å².